The molecule has 3 aromatic rings. The van der Waals surface area contributed by atoms with Gasteiger partial charge in [-0.1, -0.05) is 30.3 Å². The largest absolute Gasteiger partial charge is 0.484 e. The second-order valence-electron chi connectivity index (χ2n) is 5.59. The van der Waals surface area contributed by atoms with Crippen LogP contribution in [-0.2, 0) is 11.3 Å². The molecule has 2 aromatic carbocycles. The van der Waals surface area contributed by atoms with Crippen molar-refractivity contribution in [2.45, 2.75) is 13.5 Å². The van der Waals surface area contributed by atoms with E-state index in [2.05, 4.69) is 0 Å². The number of thiophene rings is 1. The highest BCUT2D eigenvalue weighted by molar-refractivity contribution is 7.09. The summed E-state index contributed by atoms with van der Waals surface area (Å²) in [7, 11) is 0. The van der Waals surface area contributed by atoms with Crippen molar-refractivity contribution < 1.29 is 13.9 Å². The number of rotatable bonds is 6. The molecule has 0 aliphatic carbocycles. The number of para-hydroxylation sites is 1. The standard InChI is InChI=1S/C20H18FNO2S/c1-15-9-10-17(12-19(15)21)24-14-20(23)22(13-18-8-5-11-25-18)16-6-3-2-4-7-16/h2-12H,13-14H2,1H3. The Morgan fingerprint density at radius 3 is 2.60 bits per heavy atom. The number of halogens is 1. The molecule has 0 radical (unpaired) electrons. The second-order valence-corrected chi connectivity index (χ2v) is 6.63. The lowest BCUT2D eigenvalue weighted by atomic mass is 10.2. The Hall–Kier alpha value is -2.66. The molecular formula is C20H18FNO2S. The third-order valence-corrected chi connectivity index (χ3v) is 4.63. The Morgan fingerprint density at radius 2 is 1.92 bits per heavy atom. The molecule has 1 aromatic heterocycles. The van der Waals surface area contributed by atoms with E-state index in [0.29, 0.717) is 17.9 Å². The summed E-state index contributed by atoms with van der Waals surface area (Å²) in [6.45, 7) is 2.01. The molecule has 1 amide bonds. The van der Waals surface area contributed by atoms with Crippen molar-refractivity contribution in [2.24, 2.45) is 0 Å². The number of carbonyl (C=O) groups excluding carboxylic acids is 1. The molecular weight excluding hydrogens is 337 g/mol. The molecule has 0 atom stereocenters. The van der Waals surface area contributed by atoms with Gasteiger partial charge in [0.05, 0.1) is 6.54 Å². The van der Waals surface area contributed by atoms with Gasteiger partial charge in [-0.15, -0.1) is 11.3 Å². The molecule has 0 aliphatic heterocycles. The molecule has 0 unspecified atom stereocenters. The maximum absolute atomic E-state index is 13.6. The highest BCUT2D eigenvalue weighted by Gasteiger charge is 2.17. The third-order valence-electron chi connectivity index (χ3n) is 3.77. The summed E-state index contributed by atoms with van der Waals surface area (Å²) in [6.07, 6.45) is 0. The smallest absolute Gasteiger partial charge is 0.265 e. The van der Waals surface area contributed by atoms with E-state index in [0.717, 1.165) is 10.6 Å². The van der Waals surface area contributed by atoms with E-state index < -0.39 is 0 Å². The first-order chi connectivity index (χ1) is 12.1. The fraction of sp³-hybridized carbons (Fsp3) is 0.150. The minimum absolute atomic E-state index is 0.150. The molecule has 128 valence electrons. The Kier molecular flexibility index (Phi) is 5.46. The lowest BCUT2D eigenvalue weighted by Crippen LogP contribution is -2.34. The van der Waals surface area contributed by atoms with E-state index in [-0.39, 0.29) is 18.3 Å². The molecule has 3 rings (SSSR count). The minimum atomic E-state index is -0.344. The molecule has 0 saturated heterocycles. The van der Waals surface area contributed by atoms with E-state index in [1.165, 1.54) is 6.07 Å². The molecule has 0 fully saturated rings. The van der Waals surface area contributed by atoms with Gasteiger partial charge in [0.15, 0.2) is 6.61 Å². The van der Waals surface area contributed by atoms with Gasteiger partial charge in [0.25, 0.3) is 5.91 Å². The zero-order valence-electron chi connectivity index (χ0n) is 13.8. The van der Waals surface area contributed by atoms with Gasteiger partial charge < -0.3 is 9.64 Å². The highest BCUT2D eigenvalue weighted by Crippen LogP contribution is 2.21. The predicted octanol–water partition coefficient (Wildman–Crippen LogP) is 4.81. The summed E-state index contributed by atoms with van der Waals surface area (Å²) < 4.78 is 19.1. The molecule has 0 saturated carbocycles. The summed E-state index contributed by atoms with van der Waals surface area (Å²) in [5, 5.41) is 1.98. The first-order valence-corrected chi connectivity index (χ1v) is 8.78. The number of amides is 1. The van der Waals surface area contributed by atoms with Crippen LogP contribution in [0.4, 0.5) is 10.1 Å². The average Bonchev–Trinajstić information content (AvgIpc) is 3.14. The van der Waals surface area contributed by atoms with Crippen molar-refractivity contribution in [3.8, 4) is 5.75 Å². The van der Waals surface area contributed by atoms with Gasteiger partial charge in [-0.25, -0.2) is 4.39 Å². The van der Waals surface area contributed by atoms with Crippen LogP contribution in [0.25, 0.3) is 0 Å². The van der Waals surface area contributed by atoms with Crippen LogP contribution >= 0.6 is 11.3 Å². The van der Waals surface area contributed by atoms with E-state index in [4.69, 9.17) is 4.74 Å². The minimum Gasteiger partial charge on any atom is -0.484 e. The number of aryl methyl sites for hydroxylation is 1. The molecule has 0 N–H and O–H groups in total. The molecule has 0 aliphatic rings. The van der Waals surface area contributed by atoms with Gasteiger partial charge >= 0.3 is 0 Å². The first-order valence-electron chi connectivity index (χ1n) is 7.90. The third kappa shape index (κ3) is 4.45. The molecule has 5 heteroatoms. The zero-order chi connectivity index (χ0) is 17.6. The van der Waals surface area contributed by atoms with Crippen LogP contribution in [0.3, 0.4) is 0 Å². The van der Waals surface area contributed by atoms with E-state index >= 15 is 0 Å². The summed E-state index contributed by atoms with van der Waals surface area (Å²) in [4.78, 5) is 15.5. The fourth-order valence-corrected chi connectivity index (χ4v) is 3.07. The van der Waals surface area contributed by atoms with Gasteiger partial charge in [-0.05, 0) is 42.1 Å². The van der Waals surface area contributed by atoms with Gasteiger partial charge in [0, 0.05) is 16.6 Å². The highest BCUT2D eigenvalue weighted by atomic mass is 32.1. The van der Waals surface area contributed by atoms with Crippen molar-refractivity contribution in [1.82, 2.24) is 0 Å². The van der Waals surface area contributed by atoms with Crippen LogP contribution in [-0.4, -0.2) is 12.5 Å². The van der Waals surface area contributed by atoms with E-state index in [1.54, 1.807) is 35.3 Å². The normalized spacial score (nSPS) is 10.5. The number of hydrogen-bond donors (Lipinski definition) is 0. The number of hydrogen-bond acceptors (Lipinski definition) is 3. The summed E-state index contributed by atoms with van der Waals surface area (Å²) in [5.41, 5.74) is 1.35. The summed E-state index contributed by atoms with van der Waals surface area (Å²) in [6, 6.07) is 18.0. The van der Waals surface area contributed by atoms with Gasteiger partial charge in [-0.3, -0.25) is 4.79 Å². The van der Waals surface area contributed by atoms with E-state index in [9.17, 15) is 9.18 Å². The molecule has 0 spiro atoms. The van der Waals surface area contributed by atoms with Crippen LogP contribution in [0, 0.1) is 12.7 Å². The van der Waals surface area contributed by atoms with Crippen LogP contribution in [0.1, 0.15) is 10.4 Å². The zero-order valence-corrected chi connectivity index (χ0v) is 14.6. The Balaban J connectivity index is 1.73. The number of nitrogens with zero attached hydrogens (tertiary/aromatic N) is 1. The van der Waals surface area contributed by atoms with Crippen LogP contribution in [0.2, 0.25) is 0 Å². The van der Waals surface area contributed by atoms with Crippen LogP contribution in [0.5, 0.6) is 5.75 Å². The second kappa shape index (κ2) is 7.94. The van der Waals surface area contributed by atoms with Gasteiger partial charge in [0.2, 0.25) is 0 Å². The maximum Gasteiger partial charge on any atom is 0.265 e. The summed E-state index contributed by atoms with van der Waals surface area (Å²) >= 11 is 1.60. The Labute approximate surface area is 150 Å². The summed E-state index contributed by atoms with van der Waals surface area (Å²) in [5.74, 6) is -0.176. The monoisotopic (exact) mass is 355 g/mol. The van der Waals surface area contributed by atoms with Crippen molar-refractivity contribution in [3.05, 3.63) is 82.3 Å². The Morgan fingerprint density at radius 1 is 1.12 bits per heavy atom. The molecule has 25 heavy (non-hydrogen) atoms. The SMILES string of the molecule is Cc1ccc(OCC(=O)N(Cc2cccs2)c2ccccc2)cc1F. The number of benzene rings is 2. The number of anilines is 1. The van der Waals surface area contributed by atoms with Gasteiger partial charge in [0.1, 0.15) is 11.6 Å². The maximum atomic E-state index is 13.6. The number of carbonyl (C=O) groups is 1. The lowest BCUT2D eigenvalue weighted by molar-refractivity contribution is -0.120. The van der Waals surface area contributed by atoms with Crippen molar-refractivity contribution in [1.29, 1.82) is 0 Å². The predicted molar refractivity (Wildman–Crippen MR) is 98.6 cm³/mol. The average molecular weight is 355 g/mol. The Bertz CT molecular complexity index is 834. The van der Waals surface area contributed by atoms with Crippen molar-refractivity contribution >= 4 is 22.9 Å². The molecule has 0 bridgehead atoms. The molecule has 3 nitrogen and oxygen atoms in total. The van der Waals surface area contributed by atoms with Gasteiger partial charge in [-0.2, -0.15) is 0 Å². The molecule has 1 heterocycles. The number of ether oxygens (including phenoxy) is 1. The van der Waals surface area contributed by atoms with Crippen molar-refractivity contribution in [2.75, 3.05) is 11.5 Å². The topological polar surface area (TPSA) is 29.5 Å². The van der Waals surface area contributed by atoms with Crippen LogP contribution in [0.15, 0.2) is 66.0 Å². The lowest BCUT2D eigenvalue weighted by Gasteiger charge is -2.22. The quantitative estimate of drug-likeness (QED) is 0.635. The fourth-order valence-electron chi connectivity index (χ4n) is 2.38. The first kappa shape index (κ1) is 17.2. The van der Waals surface area contributed by atoms with Crippen LogP contribution < -0.4 is 9.64 Å². The van der Waals surface area contributed by atoms with E-state index in [1.807, 2.05) is 47.8 Å². The van der Waals surface area contributed by atoms with Crippen molar-refractivity contribution in [3.63, 3.8) is 0 Å².